The van der Waals surface area contributed by atoms with Crippen molar-refractivity contribution in [2.45, 2.75) is 51.0 Å². The zero-order chi connectivity index (χ0) is 19.8. The molecule has 2 heterocycles. The number of carbonyl (C=O) groups excluding carboxylic acids is 1. The van der Waals surface area contributed by atoms with E-state index >= 15 is 0 Å². The molecule has 0 spiro atoms. The lowest BCUT2D eigenvalue weighted by molar-refractivity contribution is 0.0601. The first-order chi connectivity index (χ1) is 14.3. The fourth-order valence-electron chi connectivity index (χ4n) is 5.22. The van der Waals surface area contributed by atoms with Gasteiger partial charge in [-0.05, 0) is 48.4 Å². The molecule has 3 heteroatoms. The Balaban J connectivity index is 1.83. The van der Waals surface area contributed by atoms with Crippen molar-refractivity contribution in [3.8, 4) is 11.3 Å². The van der Waals surface area contributed by atoms with Crippen molar-refractivity contribution in [2.75, 3.05) is 7.11 Å². The molecular formula is C26H27NO2. The number of aryl methyl sites for hydroxylation is 1. The van der Waals surface area contributed by atoms with E-state index in [1.54, 1.807) is 0 Å². The minimum absolute atomic E-state index is 0.271. The second kappa shape index (κ2) is 7.55. The van der Waals surface area contributed by atoms with Crippen LogP contribution in [0, 0.1) is 0 Å². The van der Waals surface area contributed by atoms with Gasteiger partial charge in [-0.1, -0.05) is 61.7 Å². The molecule has 2 aliphatic rings. The van der Waals surface area contributed by atoms with Crippen molar-refractivity contribution in [3.63, 3.8) is 0 Å². The van der Waals surface area contributed by atoms with Gasteiger partial charge in [-0.3, -0.25) is 0 Å². The number of carbonyl (C=O) groups is 1. The predicted molar refractivity (Wildman–Crippen MR) is 118 cm³/mol. The van der Waals surface area contributed by atoms with Crippen LogP contribution in [0.1, 0.15) is 65.9 Å². The van der Waals surface area contributed by atoms with Crippen LogP contribution in [0.25, 0.3) is 28.2 Å². The van der Waals surface area contributed by atoms with Crippen molar-refractivity contribution < 1.29 is 9.53 Å². The lowest BCUT2D eigenvalue weighted by Gasteiger charge is -2.24. The Bertz CT molecular complexity index is 1100. The number of ether oxygens (including phenoxy) is 1. The van der Waals surface area contributed by atoms with Crippen LogP contribution in [0.4, 0.5) is 0 Å². The van der Waals surface area contributed by atoms with Crippen LogP contribution in [0.2, 0.25) is 0 Å². The molecule has 2 aromatic carbocycles. The summed E-state index contributed by atoms with van der Waals surface area (Å²) < 4.78 is 7.45. The normalized spacial score (nSPS) is 17.8. The van der Waals surface area contributed by atoms with Gasteiger partial charge >= 0.3 is 5.97 Å². The molecule has 1 saturated carbocycles. The van der Waals surface area contributed by atoms with Crippen molar-refractivity contribution >= 4 is 22.9 Å². The molecule has 0 bridgehead atoms. The zero-order valence-corrected chi connectivity index (χ0v) is 17.0. The lowest BCUT2D eigenvalue weighted by atomic mass is 9.81. The molecular weight excluding hydrogens is 358 g/mol. The Morgan fingerprint density at radius 1 is 1.07 bits per heavy atom. The topological polar surface area (TPSA) is 31.2 Å². The van der Waals surface area contributed by atoms with Crippen LogP contribution in [-0.4, -0.2) is 17.6 Å². The van der Waals surface area contributed by atoms with Crippen LogP contribution >= 0.6 is 0 Å². The molecule has 0 atom stereocenters. The van der Waals surface area contributed by atoms with Gasteiger partial charge in [0, 0.05) is 23.0 Å². The SMILES string of the molecule is COC(=O)c1ccc2c(C3CCCCC3)c3n(c2c1)CC/C=C\c1ccccc1-3. The maximum Gasteiger partial charge on any atom is 0.337 e. The van der Waals surface area contributed by atoms with E-state index in [0.717, 1.165) is 18.5 Å². The first-order valence-electron chi connectivity index (χ1n) is 10.8. The number of nitrogens with zero attached hydrogens (tertiary/aromatic N) is 1. The summed E-state index contributed by atoms with van der Waals surface area (Å²) in [5.41, 5.74) is 7.21. The van der Waals surface area contributed by atoms with Crippen molar-refractivity contribution in [3.05, 3.63) is 65.2 Å². The number of esters is 1. The molecule has 0 radical (unpaired) electrons. The summed E-state index contributed by atoms with van der Waals surface area (Å²) in [5.74, 6) is 0.316. The van der Waals surface area contributed by atoms with Gasteiger partial charge in [-0.15, -0.1) is 0 Å². The fraction of sp³-hybridized carbons (Fsp3) is 0.346. The summed E-state index contributed by atoms with van der Waals surface area (Å²) in [7, 11) is 1.45. The molecule has 0 unspecified atom stereocenters. The third kappa shape index (κ3) is 3.09. The number of fused-ring (bicyclic) bond motifs is 5. The largest absolute Gasteiger partial charge is 0.465 e. The number of methoxy groups -OCH3 is 1. The maximum atomic E-state index is 12.2. The summed E-state index contributed by atoms with van der Waals surface area (Å²) in [5, 5.41) is 1.30. The van der Waals surface area contributed by atoms with E-state index in [-0.39, 0.29) is 5.97 Å². The Morgan fingerprint density at radius 3 is 2.72 bits per heavy atom. The van der Waals surface area contributed by atoms with Gasteiger partial charge in [-0.25, -0.2) is 4.79 Å². The van der Waals surface area contributed by atoms with E-state index < -0.39 is 0 Å². The molecule has 1 fully saturated rings. The lowest BCUT2D eigenvalue weighted by Crippen LogP contribution is -2.08. The summed E-state index contributed by atoms with van der Waals surface area (Å²) in [6.45, 7) is 0.925. The summed E-state index contributed by atoms with van der Waals surface area (Å²) in [4.78, 5) is 12.2. The van der Waals surface area contributed by atoms with Crippen LogP contribution in [0.3, 0.4) is 0 Å². The number of benzene rings is 2. The van der Waals surface area contributed by atoms with Crippen LogP contribution in [0.15, 0.2) is 48.5 Å². The average molecular weight is 386 g/mol. The van der Waals surface area contributed by atoms with Crippen molar-refractivity contribution in [2.24, 2.45) is 0 Å². The van der Waals surface area contributed by atoms with Crippen LogP contribution in [0.5, 0.6) is 0 Å². The molecule has 0 amide bonds. The average Bonchev–Trinajstić information content (AvgIpc) is 3.08. The molecule has 29 heavy (non-hydrogen) atoms. The number of allylic oxidation sites excluding steroid dienone is 1. The molecule has 5 rings (SSSR count). The van der Waals surface area contributed by atoms with Gasteiger partial charge in [0.05, 0.1) is 18.4 Å². The van der Waals surface area contributed by atoms with Gasteiger partial charge < -0.3 is 9.30 Å². The molecule has 3 aromatic rings. The maximum absolute atomic E-state index is 12.2. The molecule has 0 N–H and O–H groups in total. The van der Waals surface area contributed by atoms with E-state index in [2.05, 4.69) is 47.1 Å². The number of rotatable bonds is 2. The zero-order valence-electron chi connectivity index (χ0n) is 17.0. The number of aromatic nitrogens is 1. The van der Waals surface area contributed by atoms with Crippen LogP contribution < -0.4 is 0 Å². The van der Waals surface area contributed by atoms with E-state index in [1.807, 2.05) is 12.1 Å². The third-order valence-corrected chi connectivity index (χ3v) is 6.57. The van der Waals surface area contributed by atoms with E-state index in [9.17, 15) is 4.79 Å². The highest BCUT2D eigenvalue weighted by Gasteiger charge is 2.28. The summed E-state index contributed by atoms with van der Waals surface area (Å²) >= 11 is 0. The van der Waals surface area contributed by atoms with Gasteiger partial charge in [0.25, 0.3) is 0 Å². The molecule has 1 aliphatic carbocycles. The smallest absolute Gasteiger partial charge is 0.337 e. The highest BCUT2D eigenvalue weighted by atomic mass is 16.5. The van der Waals surface area contributed by atoms with E-state index in [1.165, 1.54) is 67.0 Å². The molecule has 148 valence electrons. The Labute approximate surface area is 172 Å². The highest BCUT2D eigenvalue weighted by Crippen LogP contribution is 2.45. The minimum Gasteiger partial charge on any atom is -0.465 e. The fourth-order valence-corrected chi connectivity index (χ4v) is 5.22. The minimum atomic E-state index is -0.271. The van der Waals surface area contributed by atoms with Gasteiger partial charge in [0.2, 0.25) is 0 Å². The molecule has 1 aliphatic heterocycles. The first-order valence-corrected chi connectivity index (χ1v) is 10.8. The Hall–Kier alpha value is -2.81. The van der Waals surface area contributed by atoms with Gasteiger partial charge in [0.1, 0.15) is 0 Å². The molecule has 0 saturated heterocycles. The monoisotopic (exact) mass is 385 g/mol. The number of hydrogen-bond donors (Lipinski definition) is 0. The first kappa shape index (κ1) is 18.2. The van der Waals surface area contributed by atoms with Crippen molar-refractivity contribution in [1.29, 1.82) is 0 Å². The molecule has 3 nitrogen and oxygen atoms in total. The quantitative estimate of drug-likeness (QED) is 0.468. The molecule has 1 aromatic heterocycles. The van der Waals surface area contributed by atoms with Crippen LogP contribution in [-0.2, 0) is 11.3 Å². The highest BCUT2D eigenvalue weighted by molar-refractivity contribution is 5.99. The van der Waals surface area contributed by atoms with E-state index in [0.29, 0.717) is 11.5 Å². The van der Waals surface area contributed by atoms with Crippen molar-refractivity contribution in [1.82, 2.24) is 4.57 Å². The van der Waals surface area contributed by atoms with E-state index in [4.69, 9.17) is 4.74 Å². The second-order valence-electron chi connectivity index (χ2n) is 8.25. The Morgan fingerprint density at radius 2 is 1.90 bits per heavy atom. The summed E-state index contributed by atoms with van der Waals surface area (Å²) in [6.07, 6.45) is 12.0. The Kier molecular flexibility index (Phi) is 4.75. The number of hydrogen-bond acceptors (Lipinski definition) is 2. The predicted octanol–water partition coefficient (Wildman–Crippen LogP) is 6.56. The standard InChI is InChI=1S/C26H27NO2/c1-29-26(28)20-14-15-22-23(17-20)27-16-8-7-10-18-9-5-6-13-21(18)25(27)24(22)19-11-3-2-4-12-19/h5-7,9-10,13-15,17,19H,2-4,8,11-12,16H2,1H3/b10-7-. The van der Waals surface area contributed by atoms with Gasteiger partial charge in [-0.2, -0.15) is 0 Å². The summed E-state index contributed by atoms with van der Waals surface area (Å²) in [6, 6.07) is 14.8. The third-order valence-electron chi connectivity index (χ3n) is 6.57. The van der Waals surface area contributed by atoms with Gasteiger partial charge in [0.15, 0.2) is 0 Å². The second-order valence-corrected chi connectivity index (χ2v) is 8.25.